The van der Waals surface area contributed by atoms with E-state index in [9.17, 15) is 0 Å². The first-order valence-electron chi connectivity index (χ1n) is 8.44. The molecule has 0 aromatic carbocycles. The van der Waals surface area contributed by atoms with E-state index < -0.39 is 0 Å². The molecule has 0 bridgehead atoms. The molecule has 0 spiro atoms. The minimum Gasteiger partial charge on any atom is -0.364 e. The summed E-state index contributed by atoms with van der Waals surface area (Å²) in [5, 5.41) is 16.0. The third-order valence-electron chi connectivity index (χ3n) is 4.63. The number of nitrogens with zero attached hydrogens (tertiary/aromatic N) is 5. The summed E-state index contributed by atoms with van der Waals surface area (Å²) < 4.78 is 1.92. The minimum atomic E-state index is 0.346. The van der Waals surface area contributed by atoms with Crippen molar-refractivity contribution in [2.75, 3.05) is 11.9 Å². The molecule has 7 nitrogen and oxygen atoms in total. The molecule has 0 saturated carbocycles. The highest BCUT2D eigenvalue weighted by molar-refractivity contribution is 5.62. The fourth-order valence-corrected chi connectivity index (χ4v) is 3.23. The summed E-state index contributed by atoms with van der Waals surface area (Å²) in [6, 6.07) is 6.40. The molecule has 1 fully saturated rings. The van der Waals surface area contributed by atoms with Gasteiger partial charge in [-0.1, -0.05) is 0 Å². The Balaban J connectivity index is 1.64. The zero-order valence-electron chi connectivity index (χ0n) is 14.0. The van der Waals surface area contributed by atoms with Crippen LogP contribution in [0.1, 0.15) is 25.3 Å². The number of hydrogen-bond donors (Lipinski definition) is 2. The van der Waals surface area contributed by atoms with Crippen molar-refractivity contribution in [1.29, 1.82) is 5.26 Å². The first kappa shape index (κ1) is 15.5. The molecule has 7 heteroatoms. The number of fused-ring (bicyclic) bond motifs is 1. The number of hydrogen-bond acceptors (Lipinski definition) is 6. The summed E-state index contributed by atoms with van der Waals surface area (Å²) in [6.07, 6.45) is 9.35. The van der Waals surface area contributed by atoms with Crippen LogP contribution in [-0.2, 0) is 0 Å². The minimum absolute atomic E-state index is 0.346. The van der Waals surface area contributed by atoms with Gasteiger partial charge in [0.1, 0.15) is 17.2 Å². The SMILES string of the molecule is CC1NCCCC1Nc1cncc(-c2cnc3cc(C#N)ccn23)n1. The van der Waals surface area contributed by atoms with Gasteiger partial charge in [0, 0.05) is 18.3 Å². The van der Waals surface area contributed by atoms with Gasteiger partial charge in [0.05, 0.1) is 35.9 Å². The van der Waals surface area contributed by atoms with Gasteiger partial charge < -0.3 is 10.6 Å². The Morgan fingerprint density at radius 2 is 2.28 bits per heavy atom. The van der Waals surface area contributed by atoms with Gasteiger partial charge in [0.25, 0.3) is 0 Å². The first-order chi connectivity index (χ1) is 12.2. The summed E-state index contributed by atoms with van der Waals surface area (Å²) in [5.74, 6) is 0.765. The second-order valence-corrected chi connectivity index (χ2v) is 6.32. The van der Waals surface area contributed by atoms with Gasteiger partial charge in [-0.05, 0) is 38.4 Å². The lowest BCUT2D eigenvalue weighted by molar-refractivity contribution is 0.388. The summed E-state index contributed by atoms with van der Waals surface area (Å²) in [6.45, 7) is 3.25. The predicted octanol–water partition coefficient (Wildman–Crippen LogP) is 2.22. The van der Waals surface area contributed by atoms with Crippen molar-refractivity contribution in [1.82, 2.24) is 24.7 Å². The summed E-state index contributed by atoms with van der Waals surface area (Å²) in [5.41, 5.74) is 2.91. The predicted molar refractivity (Wildman–Crippen MR) is 95.0 cm³/mol. The molecule has 3 aromatic heterocycles. The number of nitrogens with one attached hydrogen (secondary N) is 2. The molecule has 0 radical (unpaired) electrons. The lowest BCUT2D eigenvalue weighted by atomic mass is 10.00. The average Bonchev–Trinajstić information content (AvgIpc) is 3.07. The highest BCUT2D eigenvalue weighted by Gasteiger charge is 2.21. The van der Waals surface area contributed by atoms with E-state index in [0.29, 0.717) is 17.6 Å². The second-order valence-electron chi connectivity index (χ2n) is 6.32. The third-order valence-corrected chi connectivity index (χ3v) is 4.63. The van der Waals surface area contributed by atoms with Crippen LogP contribution in [0, 0.1) is 11.3 Å². The van der Waals surface area contributed by atoms with Crippen molar-refractivity contribution in [2.24, 2.45) is 0 Å². The van der Waals surface area contributed by atoms with Crippen LogP contribution in [-0.4, -0.2) is 38.0 Å². The summed E-state index contributed by atoms with van der Waals surface area (Å²) in [4.78, 5) is 13.4. The quantitative estimate of drug-likeness (QED) is 0.764. The fourth-order valence-electron chi connectivity index (χ4n) is 3.23. The van der Waals surface area contributed by atoms with Crippen molar-refractivity contribution in [3.05, 3.63) is 42.5 Å². The van der Waals surface area contributed by atoms with Crippen molar-refractivity contribution < 1.29 is 0 Å². The van der Waals surface area contributed by atoms with E-state index in [4.69, 9.17) is 10.2 Å². The number of imidazole rings is 1. The van der Waals surface area contributed by atoms with E-state index in [1.807, 2.05) is 10.6 Å². The largest absolute Gasteiger partial charge is 0.364 e. The molecule has 4 heterocycles. The number of pyridine rings is 1. The lowest BCUT2D eigenvalue weighted by Gasteiger charge is -2.30. The van der Waals surface area contributed by atoms with Crippen molar-refractivity contribution in [3.63, 3.8) is 0 Å². The van der Waals surface area contributed by atoms with Gasteiger partial charge in [-0.3, -0.25) is 9.38 Å². The smallest absolute Gasteiger partial charge is 0.145 e. The maximum Gasteiger partial charge on any atom is 0.145 e. The molecular weight excluding hydrogens is 314 g/mol. The summed E-state index contributed by atoms with van der Waals surface area (Å²) in [7, 11) is 0. The molecule has 3 aromatic rings. The number of rotatable bonds is 3. The number of nitriles is 1. The fraction of sp³-hybridized carbons (Fsp3) is 0.333. The van der Waals surface area contributed by atoms with Crippen LogP contribution in [0.15, 0.2) is 36.9 Å². The second kappa shape index (κ2) is 6.49. The number of anilines is 1. The van der Waals surface area contributed by atoms with Crippen LogP contribution in [0.5, 0.6) is 0 Å². The third kappa shape index (κ3) is 3.04. The molecular formula is C18H19N7. The van der Waals surface area contributed by atoms with E-state index in [1.54, 1.807) is 30.7 Å². The Morgan fingerprint density at radius 1 is 1.36 bits per heavy atom. The van der Waals surface area contributed by atoms with Crippen LogP contribution in [0.4, 0.5) is 5.82 Å². The van der Waals surface area contributed by atoms with Gasteiger partial charge in [-0.2, -0.15) is 5.26 Å². The van der Waals surface area contributed by atoms with E-state index in [-0.39, 0.29) is 0 Å². The van der Waals surface area contributed by atoms with E-state index in [0.717, 1.165) is 42.2 Å². The zero-order valence-corrected chi connectivity index (χ0v) is 14.0. The van der Waals surface area contributed by atoms with Crippen LogP contribution in [0.3, 0.4) is 0 Å². The Labute approximate surface area is 145 Å². The topological polar surface area (TPSA) is 90.9 Å². The Kier molecular flexibility index (Phi) is 4.04. The van der Waals surface area contributed by atoms with Crippen LogP contribution in [0.2, 0.25) is 0 Å². The van der Waals surface area contributed by atoms with Gasteiger partial charge in [-0.25, -0.2) is 9.97 Å². The molecule has 2 atom stereocenters. The van der Waals surface area contributed by atoms with Crippen molar-refractivity contribution in [3.8, 4) is 17.5 Å². The highest BCUT2D eigenvalue weighted by atomic mass is 15.1. The molecule has 0 amide bonds. The molecule has 25 heavy (non-hydrogen) atoms. The Hall–Kier alpha value is -2.98. The van der Waals surface area contributed by atoms with E-state index in [1.165, 1.54) is 0 Å². The maximum absolute atomic E-state index is 9.01. The molecule has 1 aliphatic rings. The molecule has 2 N–H and O–H groups in total. The van der Waals surface area contributed by atoms with Crippen LogP contribution < -0.4 is 10.6 Å². The summed E-state index contributed by atoms with van der Waals surface area (Å²) >= 11 is 0. The van der Waals surface area contributed by atoms with Crippen molar-refractivity contribution >= 4 is 11.5 Å². The van der Waals surface area contributed by atoms with Crippen molar-refractivity contribution in [2.45, 2.75) is 31.8 Å². The standard InChI is InChI=1S/C18H19N7/c1-12-14(3-2-5-21-12)23-17-11-20-9-15(24-17)16-10-22-18-7-13(8-19)4-6-25(16)18/h4,6-7,9-12,14,21H,2-3,5H2,1H3,(H,23,24). The molecule has 4 rings (SSSR count). The molecule has 0 aliphatic carbocycles. The maximum atomic E-state index is 9.01. The van der Waals surface area contributed by atoms with Gasteiger partial charge in [-0.15, -0.1) is 0 Å². The molecule has 1 aliphatic heterocycles. The zero-order chi connectivity index (χ0) is 17.2. The van der Waals surface area contributed by atoms with E-state index in [2.05, 4.69) is 33.6 Å². The Bertz CT molecular complexity index is 940. The highest BCUT2D eigenvalue weighted by Crippen LogP contribution is 2.21. The van der Waals surface area contributed by atoms with E-state index >= 15 is 0 Å². The average molecular weight is 333 g/mol. The lowest BCUT2D eigenvalue weighted by Crippen LogP contribution is -2.46. The normalized spacial score (nSPS) is 20.3. The number of aromatic nitrogens is 4. The van der Waals surface area contributed by atoms with Gasteiger partial charge >= 0.3 is 0 Å². The van der Waals surface area contributed by atoms with Crippen LogP contribution >= 0.6 is 0 Å². The number of piperidine rings is 1. The monoisotopic (exact) mass is 333 g/mol. The first-order valence-corrected chi connectivity index (χ1v) is 8.44. The van der Waals surface area contributed by atoms with Crippen LogP contribution in [0.25, 0.3) is 17.0 Å². The Morgan fingerprint density at radius 3 is 3.12 bits per heavy atom. The van der Waals surface area contributed by atoms with Gasteiger partial charge in [0.2, 0.25) is 0 Å². The van der Waals surface area contributed by atoms with Gasteiger partial charge in [0.15, 0.2) is 0 Å². The molecule has 2 unspecified atom stereocenters. The molecule has 1 saturated heterocycles. The molecule has 126 valence electrons.